The fourth-order valence-electron chi connectivity index (χ4n) is 2.83. The van der Waals surface area contributed by atoms with Gasteiger partial charge in [-0.2, -0.15) is 0 Å². The monoisotopic (exact) mass is 382 g/mol. The number of hydrogen-bond acceptors (Lipinski definition) is 9. The first-order valence-electron chi connectivity index (χ1n) is 8.16. The van der Waals surface area contributed by atoms with Gasteiger partial charge in [0.15, 0.2) is 12.2 Å². The molecule has 0 spiro atoms. The molecule has 1 aromatic carbocycles. The van der Waals surface area contributed by atoms with Crippen molar-refractivity contribution in [1.29, 1.82) is 0 Å². The molecule has 0 aromatic heterocycles. The van der Waals surface area contributed by atoms with Crippen LogP contribution in [-0.4, -0.2) is 76.1 Å². The van der Waals surface area contributed by atoms with Gasteiger partial charge >= 0.3 is 11.9 Å². The lowest BCUT2D eigenvalue weighted by Gasteiger charge is -2.43. The predicted octanol–water partition coefficient (Wildman–Crippen LogP) is -0.640. The number of phenolic OH excluding ortho intramolecular Hbond substituents is 1. The molecule has 6 atom stereocenters. The van der Waals surface area contributed by atoms with Gasteiger partial charge in [0, 0.05) is 20.1 Å². The van der Waals surface area contributed by atoms with E-state index < -0.39 is 48.6 Å². The number of aromatic hydroxyl groups is 1. The summed E-state index contributed by atoms with van der Waals surface area (Å²) in [6.45, 7) is 1.11. The number of aliphatic hydroxyl groups is 3. The summed E-state index contributed by atoms with van der Waals surface area (Å²) < 4.78 is 15.3. The zero-order valence-electron chi connectivity index (χ0n) is 14.8. The van der Waals surface area contributed by atoms with E-state index in [1.165, 1.54) is 25.3 Å². The van der Waals surface area contributed by atoms with E-state index in [0.29, 0.717) is 5.56 Å². The highest BCUT2D eigenvalue weighted by atomic mass is 16.6. The van der Waals surface area contributed by atoms with Crippen LogP contribution >= 0.6 is 0 Å². The number of carbonyl (C=O) groups excluding carboxylic acids is 2. The standard InChI is InChI=1S/C18H22O9/c1-9(19)26-18-16(25-2)14(23)13(22)15(24)17(18)27-12(21)8-5-10-3-6-11(20)7-4-10/h3-8,13-18,20,22-24H,1-2H3/t13-,14-,15+,16+,17-,18+/m1/s1. The van der Waals surface area contributed by atoms with Gasteiger partial charge < -0.3 is 34.6 Å². The average molecular weight is 382 g/mol. The Hall–Kier alpha value is -2.46. The van der Waals surface area contributed by atoms with E-state index in [9.17, 15) is 30.0 Å². The summed E-state index contributed by atoms with van der Waals surface area (Å²) in [5.41, 5.74) is 0.607. The second kappa shape index (κ2) is 8.96. The average Bonchev–Trinajstić information content (AvgIpc) is 2.63. The molecule has 0 aliphatic heterocycles. The topological polar surface area (TPSA) is 143 Å². The lowest BCUT2D eigenvalue weighted by molar-refractivity contribution is -0.244. The van der Waals surface area contributed by atoms with Crippen LogP contribution in [-0.2, 0) is 23.8 Å². The number of esters is 2. The number of methoxy groups -OCH3 is 1. The summed E-state index contributed by atoms with van der Waals surface area (Å²) in [7, 11) is 1.22. The van der Waals surface area contributed by atoms with Crippen LogP contribution in [0.4, 0.5) is 0 Å². The number of carbonyl (C=O) groups is 2. The molecule has 1 saturated carbocycles. The van der Waals surface area contributed by atoms with Crippen molar-refractivity contribution in [3.05, 3.63) is 35.9 Å². The lowest BCUT2D eigenvalue weighted by atomic mass is 9.84. The Balaban J connectivity index is 2.17. The third-order valence-electron chi connectivity index (χ3n) is 4.15. The fourth-order valence-corrected chi connectivity index (χ4v) is 2.83. The molecule has 148 valence electrons. The van der Waals surface area contributed by atoms with E-state index in [4.69, 9.17) is 14.2 Å². The van der Waals surface area contributed by atoms with Gasteiger partial charge in [-0.1, -0.05) is 12.1 Å². The minimum atomic E-state index is -1.69. The van der Waals surface area contributed by atoms with E-state index in [1.54, 1.807) is 12.1 Å². The number of aliphatic hydroxyl groups excluding tert-OH is 3. The highest BCUT2D eigenvalue weighted by molar-refractivity contribution is 5.87. The van der Waals surface area contributed by atoms with Crippen LogP contribution in [0.1, 0.15) is 12.5 Å². The van der Waals surface area contributed by atoms with E-state index >= 15 is 0 Å². The van der Waals surface area contributed by atoms with Crippen molar-refractivity contribution in [2.24, 2.45) is 0 Å². The molecule has 0 heterocycles. The molecule has 1 aliphatic carbocycles. The molecule has 0 saturated heterocycles. The van der Waals surface area contributed by atoms with Gasteiger partial charge in [-0.3, -0.25) is 4.79 Å². The number of rotatable bonds is 5. The van der Waals surface area contributed by atoms with Crippen LogP contribution in [0.3, 0.4) is 0 Å². The van der Waals surface area contributed by atoms with Crippen LogP contribution in [0, 0.1) is 0 Å². The predicted molar refractivity (Wildman–Crippen MR) is 91.4 cm³/mol. The molecule has 1 aromatic rings. The summed E-state index contributed by atoms with van der Waals surface area (Å²) in [4.78, 5) is 23.5. The summed E-state index contributed by atoms with van der Waals surface area (Å²) in [6, 6.07) is 6.01. The Morgan fingerprint density at radius 1 is 0.926 bits per heavy atom. The lowest BCUT2D eigenvalue weighted by Crippen LogP contribution is -2.66. The second-order valence-electron chi connectivity index (χ2n) is 6.07. The molecule has 4 N–H and O–H groups in total. The van der Waals surface area contributed by atoms with E-state index in [1.807, 2.05) is 0 Å². The Kier molecular flexibility index (Phi) is 6.92. The Morgan fingerprint density at radius 3 is 2.07 bits per heavy atom. The van der Waals surface area contributed by atoms with Crippen LogP contribution < -0.4 is 0 Å². The maximum atomic E-state index is 12.1. The minimum Gasteiger partial charge on any atom is -0.508 e. The third-order valence-corrected chi connectivity index (χ3v) is 4.15. The zero-order chi connectivity index (χ0) is 20.1. The molecule has 2 rings (SSSR count). The highest BCUT2D eigenvalue weighted by Crippen LogP contribution is 2.28. The van der Waals surface area contributed by atoms with Gasteiger partial charge in [0.1, 0.15) is 30.2 Å². The normalized spacial score (nSPS) is 30.9. The van der Waals surface area contributed by atoms with Crippen molar-refractivity contribution in [3.8, 4) is 5.75 Å². The molecule has 27 heavy (non-hydrogen) atoms. The fraction of sp³-hybridized carbons (Fsp3) is 0.444. The molecule has 1 aliphatic rings. The van der Waals surface area contributed by atoms with Crippen LogP contribution in [0.25, 0.3) is 6.08 Å². The van der Waals surface area contributed by atoms with Gasteiger partial charge in [0.25, 0.3) is 0 Å². The molecule has 0 unspecified atom stereocenters. The summed E-state index contributed by atoms with van der Waals surface area (Å²) >= 11 is 0. The van der Waals surface area contributed by atoms with Crippen LogP contribution in [0.5, 0.6) is 5.75 Å². The Labute approximate surface area is 155 Å². The maximum Gasteiger partial charge on any atom is 0.331 e. The molecular formula is C18H22O9. The number of ether oxygens (including phenoxy) is 3. The quantitative estimate of drug-likeness (QED) is 0.386. The zero-order valence-corrected chi connectivity index (χ0v) is 14.8. The van der Waals surface area contributed by atoms with Gasteiger partial charge in [-0.25, -0.2) is 4.79 Å². The van der Waals surface area contributed by atoms with Crippen LogP contribution in [0.15, 0.2) is 30.3 Å². The van der Waals surface area contributed by atoms with E-state index in [0.717, 1.165) is 13.0 Å². The van der Waals surface area contributed by atoms with Crippen molar-refractivity contribution < 1.29 is 44.2 Å². The van der Waals surface area contributed by atoms with Crippen molar-refractivity contribution in [1.82, 2.24) is 0 Å². The molecule has 9 nitrogen and oxygen atoms in total. The van der Waals surface area contributed by atoms with E-state index in [2.05, 4.69) is 0 Å². The SMILES string of the molecule is CO[C@H]1[C@H](O)[C@@H](O)[C@H](O)[C@@H](OC(=O)C=Cc2ccc(O)cc2)[C@H]1OC(C)=O. The summed E-state index contributed by atoms with van der Waals surface area (Å²) in [5, 5.41) is 39.4. The van der Waals surface area contributed by atoms with E-state index in [-0.39, 0.29) is 5.75 Å². The molecule has 0 radical (unpaired) electrons. The molecular weight excluding hydrogens is 360 g/mol. The third kappa shape index (κ3) is 5.04. The number of phenols is 1. The summed E-state index contributed by atoms with van der Waals surface area (Å²) in [5.74, 6) is -1.54. The first kappa shape index (κ1) is 20.8. The Morgan fingerprint density at radius 2 is 1.52 bits per heavy atom. The minimum absolute atomic E-state index is 0.0717. The number of hydrogen-bond donors (Lipinski definition) is 4. The maximum absolute atomic E-state index is 12.1. The first-order chi connectivity index (χ1) is 12.7. The molecule has 0 bridgehead atoms. The number of benzene rings is 1. The smallest absolute Gasteiger partial charge is 0.331 e. The van der Waals surface area contributed by atoms with Gasteiger partial charge in [0.05, 0.1) is 0 Å². The van der Waals surface area contributed by atoms with Crippen LogP contribution in [0.2, 0.25) is 0 Å². The second-order valence-corrected chi connectivity index (χ2v) is 6.07. The molecule has 9 heteroatoms. The van der Waals surface area contributed by atoms with Gasteiger partial charge in [-0.15, -0.1) is 0 Å². The summed E-state index contributed by atoms with van der Waals surface area (Å²) in [6.07, 6.45) is -6.38. The molecule has 1 fully saturated rings. The van der Waals surface area contributed by atoms with Crippen molar-refractivity contribution in [2.75, 3.05) is 7.11 Å². The van der Waals surface area contributed by atoms with Gasteiger partial charge in [0.2, 0.25) is 0 Å². The molecule has 0 amide bonds. The first-order valence-corrected chi connectivity index (χ1v) is 8.16. The van der Waals surface area contributed by atoms with Crippen molar-refractivity contribution in [3.63, 3.8) is 0 Å². The van der Waals surface area contributed by atoms with Gasteiger partial charge in [-0.05, 0) is 23.8 Å². The van der Waals surface area contributed by atoms with Crippen molar-refractivity contribution in [2.45, 2.75) is 43.5 Å². The van der Waals surface area contributed by atoms with Crippen molar-refractivity contribution >= 4 is 18.0 Å². The Bertz CT molecular complexity index is 685. The highest BCUT2D eigenvalue weighted by Gasteiger charge is 2.53. The largest absolute Gasteiger partial charge is 0.508 e.